The third kappa shape index (κ3) is 2.65. The number of amides is 1. The zero-order valence-corrected chi connectivity index (χ0v) is 12.5. The number of anilines is 1. The highest BCUT2D eigenvalue weighted by atomic mass is 16.3. The van der Waals surface area contributed by atoms with Gasteiger partial charge in [0.05, 0.1) is 17.0 Å². The van der Waals surface area contributed by atoms with Crippen LogP contribution in [0.1, 0.15) is 48.8 Å². The highest BCUT2D eigenvalue weighted by Crippen LogP contribution is 2.30. The summed E-state index contributed by atoms with van der Waals surface area (Å²) in [6.07, 6.45) is 3.55. The molecule has 1 heterocycles. The molecule has 0 saturated heterocycles. The van der Waals surface area contributed by atoms with Crippen molar-refractivity contribution in [2.45, 2.75) is 51.7 Å². The molecule has 0 spiro atoms. The van der Waals surface area contributed by atoms with Gasteiger partial charge in [0, 0.05) is 20.1 Å². The van der Waals surface area contributed by atoms with Gasteiger partial charge in [-0.3, -0.25) is 9.48 Å². The average molecular weight is 280 g/mol. The molecule has 0 bridgehead atoms. The van der Waals surface area contributed by atoms with E-state index in [1.807, 2.05) is 6.92 Å². The Bertz CT molecular complexity index is 504. The molecule has 1 amide bonds. The van der Waals surface area contributed by atoms with Gasteiger partial charge in [0.2, 0.25) is 0 Å². The molecular formula is C14H24N4O2. The molecule has 6 nitrogen and oxygen atoms in total. The molecule has 20 heavy (non-hydrogen) atoms. The van der Waals surface area contributed by atoms with Crippen molar-refractivity contribution in [1.29, 1.82) is 0 Å². The zero-order valence-electron chi connectivity index (χ0n) is 12.5. The summed E-state index contributed by atoms with van der Waals surface area (Å²) >= 11 is 0. The van der Waals surface area contributed by atoms with E-state index in [2.05, 4.69) is 5.10 Å². The Morgan fingerprint density at radius 2 is 2.10 bits per heavy atom. The summed E-state index contributed by atoms with van der Waals surface area (Å²) in [5, 5.41) is 14.7. The molecule has 1 saturated carbocycles. The van der Waals surface area contributed by atoms with Crippen LogP contribution in [0.25, 0.3) is 0 Å². The van der Waals surface area contributed by atoms with Crippen LogP contribution in [-0.4, -0.2) is 44.9 Å². The van der Waals surface area contributed by atoms with Crippen LogP contribution in [0.3, 0.4) is 0 Å². The monoisotopic (exact) mass is 280 g/mol. The maximum atomic E-state index is 12.6. The lowest BCUT2D eigenvalue weighted by Gasteiger charge is -2.28. The Morgan fingerprint density at radius 3 is 2.65 bits per heavy atom. The maximum absolute atomic E-state index is 12.6. The lowest BCUT2D eigenvalue weighted by molar-refractivity contribution is 0.0153. The first-order chi connectivity index (χ1) is 9.38. The highest BCUT2D eigenvalue weighted by molar-refractivity contribution is 5.97. The topological polar surface area (TPSA) is 84.4 Å². The van der Waals surface area contributed by atoms with Crippen LogP contribution in [0.15, 0.2) is 0 Å². The van der Waals surface area contributed by atoms with E-state index >= 15 is 0 Å². The minimum atomic E-state index is -0.745. The fraction of sp³-hybridized carbons (Fsp3) is 0.714. The Hall–Kier alpha value is -1.56. The van der Waals surface area contributed by atoms with E-state index in [0.29, 0.717) is 30.2 Å². The zero-order chi connectivity index (χ0) is 14.9. The van der Waals surface area contributed by atoms with E-state index in [1.54, 1.807) is 23.6 Å². The van der Waals surface area contributed by atoms with Crippen LogP contribution < -0.4 is 5.73 Å². The standard InChI is InChI=1S/C14H24N4O2/c1-4-18-12(11(15)10(2)16-18)13(19)17(3)9-14(20)7-5-6-8-14/h20H,4-9,15H2,1-3H3. The number of nitrogens with two attached hydrogens (primary N) is 1. The molecule has 0 atom stereocenters. The van der Waals surface area contributed by atoms with E-state index < -0.39 is 5.60 Å². The molecule has 0 aliphatic heterocycles. The molecule has 1 aromatic heterocycles. The van der Waals surface area contributed by atoms with Gasteiger partial charge in [-0.1, -0.05) is 12.8 Å². The molecule has 2 rings (SSSR count). The van der Waals surface area contributed by atoms with Crippen LogP contribution in [0.5, 0.6) is 0 Å². The van der Waals surface area contributed by atoms with Crippen LogP contribution >= 0.6 is 0 Å². The fourth-order valence-corrected chi connectivity index (χ4v) is 2.94. The van der Waals surface area contributed by atoms with Crippen molar-refractivity contribution < 1.29 is 9.90 Å². The molecule has 1 fully saturated rings. The van der Waals surface area contributed by atoms with Gasteiger partial charge in [-0.15, -0.1) is 0 Å². The largest absolute Gasteiger partial charge is 0.395 e. The molecule has 0 unspecified atom stereocenters. The van der Waals surface area contributed by atoms with Gasteiger partial charge in [-0.25, -0.2) is 0 Å². The summed E-state index contributed by atoms with van der Waals surface area (Å²) in [6, 6.07) is 0. The Kier molecular flexibility index (Phi) is 4.04. The van der Waals surface area contributed by atoms with Crippen molar-refractivity contribution in [3.63, 3.8) is 0 Å². The third-order valence-corrected chi connectivity index (χ3v) is 4.09. The van der Waals surface area contributed by atoms with E-state index in [-0.39, 0.29) is 5.91 Å². The quantitative estimate of drug-likeness (QED) is 0.867. The Morgan fingerprint density at radius 1 is 1.50 bits per heavy atom. The second kappa shape index (κ2) is 5.44. The molecule has 0 radical (unpaired) electrons. The number of nitrogens with zero attached hydrogens (tertiary/aromatic N) is 3. The van der Waals surface area contributed by atoms with Gasteiger partial charge < -0.3 is 15.7 Å². The SMILES string of the molecule is CCn1nc(C)c(N)c1C(=O)N(C)CC1(O)CCCC1. The highest BCUT2D eigenvalue weighted by Gasteiger charge is 2.34. The van der Waals surface area contributed by atoms with Crippen LogP contribution in [-0.2, 0) is 6.54 Å². The van der Waals surface area contributed by atoms with Gasteiger partial charge in [0.15, 0.2) is 0 Å². The molecule has 1 aliphatic rings. The van der Waals surface area contributed by atoms with E-state index in [0.717, 1.165) is 25.7 Å². The van der Waals surface area contributed by atoms with E-state index in [4.69, 9.17) is 5.73 Å². The third-order valence-electron chi connectivity index (χ3n) is 4.09. The maximum Gasteiger partial charge on any atom is 0.274 e. The summed E-state index contributed by atoms with van der Waals surface area (Å²) in [5.41, 5.74) is 6.75. The van der Waals surface area contributed by atoms with Crippen LogP contribution in [0.2, 0.25) is 0 Å². The van der Waals surface area contributed by atoms with Gasteiger partial charge in [-0.05, 0) is 26.7 Å². The lowest BCUT2D eigenvalue weighted by Crippen LogP contribution is -2.42. The summed E-state index contributed by atoms with van der Waals surface area (Å²) in [6.45, 7) is 4.66. The molecule has 1 aromatic rings. The molecule has 112 valence electrons. The second-order valence-corrected chi connectivity index (χ2v) is 5.76. The van der Waals surface area contributed by atoms with E-state index in [9.17, 15) is 9.90 Å². The number of carbonyl (C=O) groups excluding carboxylic acids is 1. The first-order valence-electron chi connectivity index (χ1n) is 7.18. The fourth-order valence-electron chi connectivity index (χ4n) is 2.94. The smallest absolute Gasteiger partial charge is 0.274 e. The first-order valence-corrected chi connectivity index (χ1v) is 7.18. The van der Waals surface area contributed by atoms with E-state index in [1.165, 1.54) is 0 Å². The van der Waals surface area contributed by atoms with Gasteiger partial charge in [0.1, 0.15) is 5.69 Å². The predicted octanol–water partition coefficient (Wildman–Crippen LogP) is 1.17. The van der Waals surface area contributed by atoms with Crippen molar-refractivity contribution in [1.82, 2.24) is 14.7 Å². The Labute approximate surface area is 119 Å². The summed E-state index contributed by atoms with van der Waals surface area (Å²) in [4.78, 5) is 14.1. The molecule has 0 aromatic carbocycles. The van der Waals surface area contributed by atoms with Crippen LogP contribution in [0.4, 0.5) is 5.69 Å². The number of likely N-dealkylation sites (N-methyl/N-ethyl adjacent to an activating group) is 1. The number of nitrogen functional groups attached to an aromatic ring is 1. The summed E-state index contributed by atoms with van der Waals surface area (Å²) in [7, 11) is 1.71. The summed E-state index contributed by atoms with van der Waals surface area (Å²) < 4.78 is 1.63. The number of aromatic nitrogens is 2. The average Bonchev–Trinajstić information content (AvgIpc) is 2.94. The van der Waals surface area contributed by atoms with Crippen molar-refractivity contribution in [2.24, 2.45) is 0 Å². The number of hydrogen-bond donors (Lipinski definition) is 2. The van der Waals surface area contributed by atoms with Gasteiger partial charge in [-0.2, -0.15) is 5.10 Å². The van der Waals surface area contributed by atoms with Gasteiger partial charge in [0.25, 0.3) is 5.91 Å². The first kappa shape index (κ1) is 14.8. The minimum Gasteiger partial charge on any atom is -0.395 e. The number of hydrogen-bond acceptors (Lipinski definition) is 4. The summed E-state index contributed by atoms with van der Waals surface area (Å²) in [5.74, 6) is -0.176. The van der Waals surface area contributed by atoms with Crippen molar-refractivity contribution in [3.05, 3.63) is 11.4 Å². The molecule has 3 N–H and O–H groups in total. The van der Waals surface area contributed by atoms with Crippen molar-refractivity contribution in [2.75, 3.05) is 19.3 Å². The normalized spacial score (nSPS) is 17.4. The Balaban J connectivity index is 2.18. The van der Waals surface area contributed by atoms with Crippen molar-refractivity contribution >= 4 is 11.6 Å². The second-order valence-electron chi connectivity index (χ2n) is 5.76. The van der Waals surface area contributed by atoms with Gasteiger partial charge >= 0.3 is 0 Å². The number of carbonyl (C=O) groups is 1. The predicted molar refractivity (Wildman–Crippen MR) is 77.4 cm³/mol. The minimum absolute atomic E-state index is 0.176. The molecule has 1 aliphatic carbocycles. The lowest BCUT2D eigenvalue weighted by atomic mass is 10.0. The molecular weight excluding hydrogens is 256 g/mol. The molecule has 6 heteroatoms. The number of rotatable bonds is 4. The van der Waals surface area contributed by atoms with Crippen molar-refractivity contribution in [3.8, 4) is 0 Å². The number of aliphatic hydroxyl groups is 1. The number of aryl methyl sites for hydroxylation is 2. The van der Waals surface area contributed by atoms with Crippen LogP contribution in [0, 0.1) is 6.92 Å².